The minimum atomic E-state index is -2.39. The van der Waals surface area contributed by atoms with Crippen molar-refractivity contribution in [1.82, 2.24) is 14.5 Å². The number of nitrogens with zero attached hydrogens (tertiary/aromatic N) is 3. The summed E-state index contributed by atoms with van der Waals surface area (Å²) in [5.74, 6) is 1.72. The third kappa shape index (κ3) is 4.97. The van der Waals surface area contributed by atoms with E-state index in [-0.39, 0.29) is 22.8 Å². The van der Waals surface area contributed by atoms with Gasteiger partial charge in [0, 0.05) is 25.7 Å². The van der Waals surface area contributed by atoms with E-state index in [1.807, 2.05) is 54.6 Å². The van der Waals surface area contributed by atoms with Crippen molar-refractivity contribution in [2.24, 2.45) is 0 Å². The van der Waals surface area contributed by atoms with Crippen LogP contribution in [0.2, 0.25) is 0 Å². The molecule has 3 heterocycles. The highest BCUT2D eigenvalue weighted by molar-refractivity contribution is 6.17. The second-order valence-corrected chi connectivity index (χ2v) is 15.7. The van der Waals surface area contributed by atoms with Gasteiger partial charge >= 0.3 is 0 Å². The van der Waals surface area contributed by atoms with Crippen LogP contribution in [-0.4, -0.2) is 14.5 Å². The summed E-state index contributed by atoms with van der Waals surface area (Å²) in [6, 6.07) is 34.9. The number of aromatic nitrogens is 3. The number of aryl methyl sites for hydroxylation is 1. The summed E-state index contributed by atoms with van der Waals surface area (Å²) in [5, 5.41) is 3.06. The van der Waals surface area contributed by atoms with Gasteiger partial charge in [-0.3, -0.25) is 4.57 Å². The number of benzene rings is 6. The second-order valence-electron chi connectivity index (χ2n) is 15.7. The van der Waals surface area contributed by atoms with Crippen molar-refractivity contribution in [3.8, 4) is 28.2 Å². The smallest absolute Gasteiger partial charge is 0.200 e. The Morgan fingerprint density at radius 2 is 1.40 bits per heavy atom. The monoisotopic (exact) mass is 684 g/mol. The van der Waals surface area contributed by atoms with E-state index >= 15 is 0 Å². The average molecular weight is 685 g/mol. The van der Waals surface area contributed by atoms with Gasteiger partial charge in [0.25, 0.3) is 0 Å². The van der Waals surface area contributed by atoms with Crippen molar-refractivity contribution in [1.29, 1.82) is 0 Å². The Morgan fingerprint density at radius 1 is 0.673 bits per heavy atom. The van der Waals surface area contributed by atoms with Crippen molar-refractivity contribution < 1.29 is 12.9 Å². The molecule has 0 aliphatic rings. The van der Waals surface area contributed by atoms with E-state index in [2.05, 4.69) is 95.5 Å². The second kappa shape index (κ2) is 11.7. The van der Waals surface area contributed by atoms with Crippen LogP contribution in [0.3, 0.4) is 0 Å². The summed E-state index contributed by atoms with van der Waals surface area (Å²) >= 11 is 0. The molecular formula is C47H43N3O2. The lowest BCUT2D eigenvalue weighted by Crippen LogP contribution is -2.10. The van der Waals surface area contributed by atoms with E-state index in [0.717, 1.165) is 44.0 Å². The quantitative estimate of drug-likeness (QED) is 0.181. The number of fused-ring (bicyclic) bond motifs is 7. The fraction of sp³-hybridized carbons (Fsp3) is 0.234. The zero-order chi connectivity index (χ0) is 38.6. The number of rotatable bonds is 5. The Labute approximate surface area is 308 Å². The van der Waals surface area contributed by atoms with Crippen LogP contribution in [0.25, 0.3) is 83.0 Å². The van der Waals surface area contributed by atoms with E-state index < -0.39 is 6.85 Å². The predicted octanol–water partition coefficient (Wildman–Crippen LogP) is 13.4. The van der Waals surface area contributed by atoms with E-state index in [1.165, 1.54) is 22.3 Å². The van der Waals surface area contributed by atoms with Crippen LogP contribution in [0.4, 0.5) is 0 Å². The molecule has 0 bridgehead atoms. The molecule has 0 unspecified atom stereocenters. The van der Waals surface area contributed by atoms with Gasteiger partial charge in [0.15, 0.2) is 5.58 Å². The van der Waals surface area contributed by atoms with Gasteiger partial charge in [0.05, 0.1) is 22.3 Å². The first-order valence-corrected chi connectivity index (χ1v) is 18.1. The molecule has 0 N–H and O–H groups in total. The molecule has 258 valence electrons. The first-order chi connectivity index (χ1) is 26.2. The molecule has 0 atom stereocenters. The van der Waals surface area contributed by atoms with Crippen LogP contribution < -0.4 is 0 Å². The summed E-state index contributed by atoms with van der Waals surface area (Å²) < 4.78 is 41.4. The molecular weight excluding hydrogens is 639 g/mol. The summed E-state index contributed by atoms with van der Waals surface area (Å²) in [7, 11) is 0. The summed E-state index contributed by atoms with van der Waals surface area (Å²) in [6.45, 7) is 12.8. The highest BCUT2D eigenvalue weighted by Gasteiger charge is 2.27. The van der Waals surface area contributed by atoms with Crippen LogP contribution in [-0.2, 0) is 5.41 Å². The maximum Gasteiger partial charge on any atom is 0.200 e. The lowest BCUT2D eigenvalue weighted by Gasteiger charge is -2.24. The Balaban J connectivity index is 1.38. The maximum absolute atomic E-state index is 8.63. The van der Waals surface area contributed by atoms with Gasteiger partial charge in [-0.05, 0) is 100 Å². The number of para-hydroxylation sites is 2. The lowest BCUT2D eigenvalue weighted by molar-refractivity contribution is 0.412. The molecule has 0 amide bonds. The number of hydrogen-bond acceptors (Lipinski definition) is 4. The van der Waals surface area contributed by atoms with E-state index in [0.29, 0.717) is 33.9 Å². The van der Waals surface area contributed by atoms with E-state index in [9.17, 15) is 0 Å². The van der Waals surface area contributed by atoms with Crippen molar-refractivity contribution in [3.05, 3.63) is 126 Å². The molecule has 5 heteroatoms. The molecule has 0 spiro atoms. The minimum absolute atomic E-state index is 0.188. The van der Waals surface area contributed by atoms with Gasteiger partial charge in [0.2, 0.25) is 5.89 Å². The summed E-state index contributed by atoms with van der Waals surface area (Å²) in [4.78, 5) is 10.1. The molecule has 0 aliphatic heterocycles. The third-order valence-electron chi connectivity index (χ3n) is 10.3. The first-order valence-electron chi connectivity index (χ1n) is 19.6. The lowest BCUT2D eigenvalue weighted by atomic mass is 9.88. The standard InChI is InChI=1S/C47H43N3O2/c1-26(2)33-23-31(29-14-10-9-11-15-29)24-34(27(3)4)42(33)50-39-17-13-12-16-37(39)48-45(50)32-20-18-28(5)41-36-22-30-19-21-38-43(52-46(49-38)47(6,7)8)35(30)25-40(36)51-44(32)41/h9-27H,1-8H3/i5D3. The molecule has 0 aliphatic carbocycles. The van der Waals surface area contributed by atoms with Crippen LogP contribution in [0.1, 0.15) is 87.0 Å². The molecule has 0 saturated carbocycles. The van der Waals surface area contributed by atoms with Crippen LogP contribution in [0.5, 0.6) is 0 Å². The molecule has 3 aromatic heterocycles. The number of furan rings is 1. The SMILES string of the molecule is [2H]C([2H])([2H])c1ccc(-c2nc3ccccc3n2-c2c(C(C)C)cc(-c3ccccc3)cc2C(C)C)c2oc3cc4c(ccc5nc(C(C)(C)C)oc54)cc3c12. The van der Waals surface area contributed by atoms with Crippen LogP contribution >= 0.6 is 0 Å². The van der Waals surface area contributed by atoms with Crippen molar-refractivity contribution in [2.75, 3.05) is 0 Å². The minimum Gasteiger partial charge on any atom is -0.455 e. The number of hydrogen-bond donors (Lipinski definition) is 0. The van der Waals surface area contributed by atoms with Gasteiger partial charge in [0.1, 0.15) is 22.5 Å². The molecule has 0 saturated heterocycles. The Hall–Kier alpha value is -5.68. The van der Waals surface area contributed by atoms with Gasteiger partial charge in [-0.1, -0.05) is 103 Å². The molecule has 52 heavy (non-hydrogen) atoms. The van der Waals surface area contributed by atoms with Gasteiger partial charge in [-0.25, -0.2) is 9.97 Å². The third-order valence-corrected chi connectivity index (χ3v) is 10.3. The Bertz CT molecular complexity index is 2930. The zero-order valence-electron chi connectivity index (χ0n) is 33.6. The molecule has 9 aromatic rings. The zero-order valence-corrected chi connectivity index (χ0v) is 30.6. The molecule has 5 nitrogen and oxygen atoms in total. The summed E-state index contributed by atoms with van der Waals surface area (Å²) in [6.07, 6.45) is 0. The normalized spacial score (nSPS) is 13.7. The average Bonchev–Trinajstić information content (AvgIpc) is 3.87. The maximum atomic E-state index is 8.63. The fourth-order valence-electron chi connectivity index (χ4n) is 7.63. The van der Waals surface area contributed by atoms with Crippen LogP contribution in [0.15, 0.2) is 112 Å². The van der Waals surface area contributed by atoms with Crippen molar-refractivity contribution >= 4 is 54.8 Å². The largest absolute Gasteiger partial charge is 0.455 e. The van der Waals surface area contributed by atoms with Crippen LogP contribution in [0, 0.1) is 6.85 Å². The van der Waals surface area contributed by atoms with E-state index in [1.54, 1.807) is 6.07 Å². The molecule has 0 radical (unpaired) electrons. The highest BCUT2D eigenvalue weighted by Crippen LogP contribution is 2.44. The van der Waals surface area contributed by atoms with Crippen molar-refractivity contribution in [3.63, 3.8) is 0 Å². The predicted molar refractivity (Wildman–Crippen MR) is 216 cm³/mol. The first kappa shape index (κ1) is 29.0. The van der Waals surface area contributed by atoms with Crippen molar-refractivity contribution in [2.45, 2.75) is 72.6 Å². The number of imidazole rings is 1. The van der Waals surface area contributed by atoms with Gasteiger partial charge in [-0.15, -0.1) is 0 Å². The highest BCUT2D eigenvalue weighted by atomic mass is 16.4. The van der Waals surface area contributed by atoms with Gasteiger partial charge < -0.3 is 8.83 Å². The topological polar surface area (TPSA) is 57.0 Å². The summed E-state index contributed by atoms with van der Waals surface area (Å²) in [5.41, 5.74) is 10.8. The molecule has 6 aromatic carbocycles. The molecule has 9 rings (SSSR count). The fourth-order valence-corrected chi connectivity index (χ4v) is 7.63. The Morgan fingerprint density at radius 3 is 2.12 bits per heavy atom. The molecule has 0 fully saturated rings. The van der Waals surface area contributed by atoms with E-state index in [4.69, 9.17) is 22.9 Å². The Kier molecular flexibility index (Phi) is 6.50. The number of oxazole rings is 1. The van der Waals surface area contributed by atoms with Gasteiger partial charge in [-0.2, -0.15) is 0 Å².